The molecule has 116 valence electrons. The number of hydrogen-bond donors (Lipinski definition) is 1. The van der Waals surface area contributed by atoms with E-state index >= 15 is 0 Å². The van der Waals surface area contributed by atoms with Crippen LogP contribution in [-0.2, 0) is 4.79 Å². The number of aliphatic hydroxyl groups is 1. The summed E-state index contributed by atoms with van der Waals surface area (Å²) >= 11 is 0. The van der Waals surface area contributed by atoms with Crippen LogP contribution in [0.4, 0.5) is 0 Å². The lowest BCUT2D eigenvalue weighted by Gasteiger charge is -2.54. The second kappa shape index (κ2) is 4.94. The predicted octanol–water partition coefficient (Wildman–Crippen LogP) is 3.88. The summed E-state index contributed by atoms with van der Waals surface area (Å²) in [5.74, 6) is 0.147. The van der Waals surface area contributed by atoms with Gasteiger partial charge in [-0.15, -0.1) is 0 Å². The molecule has 2 nitrogen and oxygen atoms in total. The molecule has 7 atom stereocenters. The van der Waals surface area contributed by atoms with Crippen LogP contribution in [0, 0.1) is 29.1 Å². The third-order valence-electron chi connectivity index (χ3n) is 7.06. The maximum atomic E-state index is 11.8. The maximum absolute atomic E-state index is 11.8. The number of hydrogen-bond acceptors (Lipinski definition) is 2. The van der Waals surface area contributed by atoms with Crippen molar-refractivity contribution in [3.05, 3.63) is 11.6 Å². The molecular formula is C19H28O2. The first kappa shape index (κ1) is 11.9. The Bertz CT molecular complexity index is 560. The van der Waals surface area contributed by atoms with Gasteiger partial charge in [0.05, 0.1) is 6.10 Å². The molecule has 1 unspecified atom stereocenters. The van der Waals surface area contributed by atoms with E-state index in [-0.39, 0.29) is 29.1 Å². The van der Waals surface area contributed by atoms with E-state index in [1.54, 1.807) is 6.08 Å². The third-order valence-corrected chi connectivity index (χ3v) is 7.06. The summed E-state index contributed by atoms with van der Waals surface area (Å²) in [5, 5.41) is 10.6. The van der Waals surface area contributed by atoms with Crippen LogP contribution in [-0.4, -0.2) is 17.0 Å². The van der Waals surface area contributed by atoms with Crippen LogP contribution in [0.3, 0.4) is 0 Å². The van der Waals surface area contributed by atoms with E-state index in [2.05, 4.69) is 6.92 Å². The van der Waals surface area contributed by atoms with Gasteiger partial charge in [-0.3, -0.25) is 4.79 Å². The molecular weight excluding hydrogens is 260 g/mol. The summed E-state index contributed by atoms with van der Waals surface area (Å²) in [7, 11) is 0. The average molecular weight is 292 g/mol. The molecule has 3 saturated carbocycles. The molecule has 0 aromatic carbocycles. The van der Waals surface area contributed by atoms with E-state index in [9.17, 15) is 11.3 Å². The molecule has 0 saturated heterocycles. The average Bonchev–Trinajstić information content (AvgIpc) is 2.85. The Morgan fingerprint density at radius 2 is 2.24 bits per heavy atom. The van der Waals surface area contributed by atoms with Gasteiger partial charge in [0, 0.05) is 9.16 Å². The Labute approximate surface area is 130 Å². The number of allylic oxidation sites excluding steroid dienone is 1. The molecule has 0 aliphatic heterocycles. The number of ketones is 1. The van der Waals surface area contributed by atoms with Gasteiger partial charge in [0.2, 0.25) is 0 Å². The Kier molecular flexibility index (Phi) is 2.79. The van der Waals surface area contributed by atoms with Gasteiger partial charge in [-0.05, 0) is 86.5 Å². The number of rotatable bonds is 1. The Hall–Kier alpha value is -0.630. The molecule has 0 bridgehead atoms. The monoisotopic (exact) mass is 292 g/mol. The first-order chi connectivity index (χ1) is 10.9. The maximum Gasteiger partial charge on any atom is 0.155 e. The first-order valence-corrected chi connectivity index (χ1v) is 8.77. The van der Waals surface area contributed by atoms with Gasteiger partial charge in [0.15, 0.2) is 5.78 Å². The molecule has 4 aliphatic rings. The Morgan fingerprint density at radius 3 is 3.05 bits per heavy atom. The highest BCUT2D eigenvalue weighted by Gasteiger charge is 2.57. The lowest BCUT2D eigenvalue weighted by Crippen LogP contribution is -2.48. The molecule has 0 aromatic heterocycles. The summed E-state index contributed by atoms with van der Waals surface area (Å²) in [6.45, 7) is 2.15. The standard InChI is InChI=1S/C19H28O2/c1-2-19-10-9-15-14-6-4-13(20)11-12(14)3-5-16(15)17(19)7-8-18(19)21/h11,14-18,21H,2-10H2,1H3/t14-,15+,16+,17-,18-,19-/m0/s1/i9T,15T/t9?,14-,15+,16+,17-,18-,19-. The van der Waals surface area contributed by atoms with Crippen molar-refractivity contribution in [2.45, 2.75) is 70.8 Å². The predicted molar refractivity (Wildman–Crippen MR) is 82.7 cm³/mol. The molecule has 0 amide bonds. The summed E-state index contributed by atoms with van der Waals surface area (Å²) < 4.78 is 18.2. The van der Waals surface area contributed by atoms with Gasteiger partial charge in [0.1, 0.15) is 0 Å². The summed E-state index contributed by atoms with van der Waals surface area (Å²) in [4.78, 5) is 11.8. The van der Waals surface area contributed by atoms with Crippen LogP contribution >= 0.6 is 0 Å². The van der Waals surface area contributed by atoms with Crippen LogP contribution in [0.2, 0.25) is 0 Å². The summed E-state index contributed by atoms with van der Waals surface area (Å²) in [6, 6.07) is 0. The first-order valence-electron chi connectivity index (χ1n) is 9.84. The molecule has 0 radical (unpaired) electrons. The fraction of sp³-hybridized carbons (Fsp3) is 0.842. The number of fused-ring (bicyclic) bond motifs is 5. The molecule has 0 aromatic rings. The SMILES string of the molecule is [3H]C1C[C@]2(CC)[C@@H](O)CC[C@H]2[C@@H]2CCC3=CC(=O)CC[C@@H]3[C@@]12[3H]. The zero-order valence-corrected chi connectivity index (χ0v) is 13.0. The second-order valence-electron chi connectivity index (χ2n) is 7.62. The van der Waals surface area contributed by atoms with Crippen molar-refractivity contribution < 1.29 is 12.6 Å². The zero-order valence-electron chi connectivity index (χ0n) is 15.0. The third kappa shape index (κ3) is 1.91. The van der Waals surface area contributed by atoms with Crippen molar-refractivity contribution in [2.24, 2.45) is 29.1 Å². The highest BCUT2D eigenvalue weighted by atomic mass is 16.3. The van der Waals surface area contributed by atoms with E-state index in [1.165, 1.54) is 0 Å². The fourth-order valence-electron chi connectivity index (χ4n) is 5.95. The molecule has 4 aliphatic carbocycles. The largest absolute Gasteiger partial charge is 0.393 e. The number of aliphatic hydroxyl groups excluding tert-OH is 1. The zero-order chi connectivity index (χ0) is 16.4. The van der Waals surface area contributed by atoms with E-state index in [4.69, 9.17) is 1.37 Å². The molecule has 0 heterocycles. The van der Waals surface area contributed by atoms with Crippen molar-refractivity contribution >= 4 is 5.78 Å². The molecule has 0 spiro atoms. The van der Waals surface area contributed by atoms with Gasteiger partial charge in [0.25, 0.3) is 0 Å². The smallest absolute Gasteiger partial charge is 0.155 e. The van der Waals surface area contributed by atoms with Crippen LogP contribution < -0.4 is 0 Å². The van der Waals surface area contributed by atoms with Gasteiger partial charge < -0.3 is 5.11 Å². The highest BCUT2D eigenvalue weighted by molar-refractivity contribution is 5.91. The van der Waals surface area contributed by atoms with E-state index in [0.717, 1.165) is 44.1 Å². The minimum atomic E-state index is -0.752. The minimum absolute atomic E-state index is 0.0917. The van der Waals surface area contributed by atoms with E-state index < -0.39 is 12.3 Å². The fourth-order valence-corrected chi connectivity index (χ4v) is 5.95. The van der Waals surface area contributed by atoms with Gasteiger partial charge >= 0.3 is 0 Å². The normalized spacial score (nSPS) is 57.5. The highest BCUT2D eigenvalue weighted by Crippen LogP contribution is 2.62. The van der Waals surface area contributed by atoms with Crippen LogP contribution in [0.25, 0.3) is 0 Å². The molecule has 3 fully saturated rings. The van der Waals surface area contributed by atoms with Crippen molar-refractivity contribution in [3.8, 4) is 0 Å². The minimum Gasteiger partial charge on any atom is -0.393 e. The Balaban J connectivity index is 1.76. The van der Waals surface area contributed by atoms with Crippen LogP contribution in [0.1, 0.15) is 67.4 Å². The van der Waals surface area contributed by atoms with Crippen molar-refractivity contribution in [3.63, 3.8) is 0 Å². The van der Waals surface area contributed by atoms with Crippen molar-refractivity contribution in [1.82, 2.24) is 0 Å². The van der Waals surface area contributed by atoms with Gasteiger partial charge in [-0.25, -0.2) is 0 Å². The molecule has 1 N–H and O–H groups in total. The van der Waals surface area contributed by atoms with E-state index in [0.29, 0.717) is 18.8 Å². The summed E-state index contributed by atoms with van der Waals surface area (Å²) in [6.07, 6.45) is 7.63. The van der Waals surface area contributed by atoms with Crippen LogP contribution in [0.5, 0.6) is 0 Å². The lowest BCUT2D eigenvalue weighted by atomic mass is 9.51. The second-order valence-corrected chi connectivity index (χ2v) is 7.62. The van der Waals surface area contributed by atoms with Gasteiger partial charge in [-0.1, -0.05) is 12.5 Å². The number of carbonyl (C=O) groups is 1. The molecule has 21 heavy (non-hydrogen) atoms. The van der Waals surface area contributed by atoms with Gasteiger partial charge in [-0.2, -0.15) is 0 Å². The lowest BCUT2D eigenvalue weighted by molar-refractivity contribution is -0.116. The van der Waals surface area contributed by atoms with E-state index in [1.807, 2.05) is 0 Å². The number of carbonyl (C=O) groups excluding carboxylic acids is 1. The van der Waals surface area contributed by atoms with Crippen LogP contribution in [0.15, 0.2) is 11.6 Å². The quantitative estimate of drug-likeness (QED) is 0.796. The topological polar surface area (TPSA) is 37.3 Å². The molecule has 4 rings (SSSR count). The molecule has 2 heteroatoms. The van der Waals surface area contributed by atoms with Crippen molar-refractivity contribution in [2.75, 3.05) is 0 Å². The Morgan fingerprint density at radius 1 is 1.38 bits per heavy atom. The summed E-state index contributed by atoms with van der Waals surface area (Å²) in [5.41, 5.74) is 1.01. The van der Waals surface area contributed by atoms with Crippen molar-refractivity contribution in [1.29, 1.82) is 0 Å².